The van der Waals surface area contributed by atoms with E-state index in [2.05, 4.69) is 15.3 Å². The summed E-state index contributed by atoms with van der Waals surface area (Å²) in [5.74, 6) is -0.242. The number of imidazole rings is 1. The van der Waals surface area contributed by atoms with Crippen molar-refractivity contribution in [1.82, 2.24) is 19.7 Å². The number of alkyl halides is 3. The topological polar surface area (TPSA) is 68.2 Å². The fraction of sp³-hybridized carbons (Fsp3) is 0.333. The fourth-order valence-electron chi connectivity index (χ4n) is 2.92. The molecule has 0 unspecified atom stereocenters. The minimum atomic E-state index is -4.58. The Labute approximate surface area is 149 Å². The summed E-state index contributed by atoms with van der Waals surface area (Å²) in [6.45, 7) is 2.82. The molecule has 0 aliphatic heterocycles. The fourth-order valence-corrected chi connectivity index (χ4v) is 2.92. The normalized spacial score (nSPS) is 12.0. The first-order valence-corrected chi connectivity index (χ1v) is 8.26. The maximum Gasteiger partial charge on any atom is 0.434 e. The van der Waals surface area contributed by atoms with E-state index in [1.807, 2.05) is 32.2 Å². The number of aromatic nitrogens is 3. The third kappa shape index (κ3) is 3.50. The van der Waals surface area contributed by atoms with Crippen LogP contribution in [0.25, 0.3) is 16.9 Å². The number of nitrogens with two attached hydrogens (primary N) is 1. The lowest BCUT2D eigenvalue weighted by molar-refractivity contribution is -0.141. The van der Waals surface area contributed by atoms with Crippen LogP contribution in [0.1, 0.15) is 23.2 Å². The van der Waals surface area contributed by atoms with Crippen molar-refractivity contribution < 1.29 is 13.2 Å². The molecule has 138 valence electrons. The van der Waals surface area contributed by atoms with E-state index in [9.17, 15) is 13.2 Å². The average molecular weight is 363 g/mol. The minimum absolute atomic E-state index is 0.216. The van der Waals surface area contributed by atoms with Crippen LogP contribution < -0.4 is 11.1 Å². The van der Waals surface area contributed by atoms with Crippen LogP contribution in [-0.2, 0) is 12.6 Å². The lowest BCUT2D eigenvalue weighted by Gasteiger charge is -2.12. The van der Waals surface area contributed by atoms with E-state index >= 15 is 0 Å². The van der Waals surface area contributed by atoms with Crippen LogP contribution in [0, 0.1) is 6.92 Å². The SMILES string of the molecule is CNCCCc1ccc(C)c(-c2cnc3c(N)nc(C(F)(F)F)cn23)c1. The van der Waals surface area contributed by atoms with Crippen LogP contribution >= 0.6 is 0 Å². The summed E-state index contributed by atoms with van der Waals surface area (Å²) in [5, 5.41) is 3.10. The summed E-state index contributed by atoms with van der Waals surface area (Å²) in [6, 6.07) is 6.01. The standard InChI is InChI=1S/C18H20F3N5/c1-11-5-6-12(4-3-7-23-2)8-13(11)14-9-24-17-16(22)25-15(10-26(14)17)18(19,20)21/h5-6,8-10,23H,3-4,7H2,1-2H3,(H2,22,25). The maximum atomic E-state index is 13.1. The Hall–Kier alpha value is -2.61. The molecule has 0 fully saturated rings. The molecule has 0 aliphatic carbocycles. The minimum Gasteiger partial charge on any atom is -0.381 e. The highest BCUT2D eigenvalue weighted by Crippen LogP contribution is 2.32. The quantitative estimate of drug-likeness (QED) is 0.681. The van der Waals surface area contributed by atoms with Crippen molar-refractivity contribution in [2.75, 3.05) is 19.3 Å². The lowest BCUT2D eigenvalue weighted by atomic mass is 10.00. The van der Waals surface area contributed by atoms with Gasteiger partial charge in [-0.05, 0) is 50.6 Å². The maximum absolute atomic E-state index is 13.1. The molecule has 0 spiro atoms. The lowest BCUT2D eigenvalue weighted by Crippen LogP contribution is -2.12. The number of fused-ring (bicyclic) bond motifs is 1. The molecule has 0 bridgehead atoms. The van der Waals surface area contributed by atoms with Crippen LogP contribution in [0.4, 0.5) is 19.0 Å². The molecule has 0 amide bonds. The Morgan fingerprint density at radius 2 is 2.04 bits per heavy atom. The molecule has 0 atom stereocenters. The van der Waals surface area contributed by atoms with Crippen molar-refractivity contribution in [2.45, 2.75) is 25.9 Å². The van der Waals surface area contributed by atoms with E-state index in [1.165, 1.54) is 10.6 Å². The number of nitrogens with one attached hydrogen (secondary N) is 1. The Morgan fingerprint density at radius 1 is 1.27 bits per heavy atom. The van der Waals surface area contributed by atoms with Gasteiger partial charge in [-0.25, -0.2) is 9.97 Å². The van der Waals surface area contributed by atoms with Gasteiger partial charge in [0.15, 0.2) is 17.2 Å². The number of benzene rings is 1. The predicted molar refractivity (Wildman–Crippen MR) is 94.8 cm³/mol. The van der Waals surface area contributed by atoms with E-state index in [0.29, 0.717) is 5.69 Å². The summed E-state index contributed by atoms with van der Waals surface area (Å²) in [5.41, 5.74) is 8.34. The van der Waals surface area contributed by atoms with Gasteiger partial charge in [0.25, 0.3) is 0 Å². The number of nitrogen functional groups attached to an aromatic ring is 1. The summed E-state index contributed by atoms with van der Waals surface area (Å²) in [4.78, 5) is 7.59. The van der Waals surface area contributed by atoms with Gasteiger partial charge in [-0.15, -0.1) is 0 Å². The van der Waals surface area contributed by atoms with E-state index in [4.69, 9.17) is 5.73 Å². The van der Waals surface area contributed by atoms with Gasteiger partial charge in [0.1, 0.15) is 0 Å². The van der Waals surface area contributed by atoms with Crippen LogP contribution in [0.2, 0.25) is 0 Å². The Kier molecular flexibility index (Phi) is 4.86. The zero-order valence-corrected chi connectivity index (χ0v) is 14.6. The van der Waals surface area contributed by atoms with Gasteiger partial charge in [0.2, 0.25) is 0 Å². The summed E-state index contributed by atoms with van der Waals surface area (Å²) in [7, 11) is 1.90. The average Bonchev–Trinajstić information content (AvgIpc) is 3.00. The first-order valence-electron chi connectivity index (χ1n) is 8.26. The van der Waals surface area contributed by atoms with Crippen LogP contribution in [-0.4, -0.2) is 28.0 Å². The number of halogens is 3. The molecule has 26 heavy (non-hydrogen) atoms. The van der Waals surface area contributed by atoms with Crippen molar-refractivity contribution in [3.05, 3.63) is 47.4 Å². The molecule has 0 radical (unpaired) electrons. The number of aryl methyl sites for hydroxylation is 2. The zero-order valence-electron chi connectivity index (χ0n) is 14.6. The second-order valence-corrected chi connectivity index (χ2v) is 6.20. The molecule has 0 aliphatic rings. The molecule has 5 nitrogen and oxygen atoms in total. The second-order valence-electron chi connectivity index (χ2n) is 6.20. The second kappa shape index (κ2) is 6.95. The van der Waals surface area contributed by atoms with Gasteiger partial charge in [0.05, 0.1) is 11.9 Å². The number of hydrogen-bond donors (Lipinski definition) is 2. The molecule has 3 rings (SSSR count). The molecule has 3 aromatic rings. The largest absolute Gasteiger partial charge is 0.434 e. The van der Waals surface area contributed by atoms with Crippen LogP contribution in [0.3, 0.4) is 0 Å². The molecule has 1 aromatic carbocycles. The number of nitrogens with zero attached hydrogens (tertiary/aromatic N) is 3. The van der Waals surface area contributed by atoms with Crippen molar-refractivity contribution in [2.24, 2.45) is 0 Å². The van der Waals surface area contributed by atoms with Gasteiger partial charge in [-0.1, -0.05) is 12.1 Å². The highest BCUT2D eigenvalue weighted by molar-refractivity contribution is 5.71. The number of anilines is 1. The zero-order chi connectivity index (χ0) is 18.9. The Balaban J connectivity index is 2.10. The number of rotatable bonds is 5. The first kappa shape index (κ1) is 18.2. The highest BCUT2D eigenvalue weighted by atomic mass is 19.4. The van der Waals surface area contributed by atoms with Gasteiger partial charge in [-0.3, -0.25) is 4.40 Å². The van der Waals surface area contributed by atoms with E-state index in [-0.39, 0.29) is 11.5 Å². The Bertz CT molecular complexity index is 930. The van der Waals surface area contributed by atoms with Crippen molar-refractivity contribution >= 4 is 11.5 Å². The van der Waals surface area contributed by atoms with Crippen molar-refractivity contribution in [1.29, 1.82) is 0 Å². The van der Waals surface area contributed by atoms with Crippen LogP contribution in [0.5, 0.6) is 0 Å². The number of hydrogen-bond acceptors (Lipinski definition) is 4. The van der Waals surface area contributed by atoms with Crippen molar-refractivity contribution in [3.63, 3.8) is 0 Å². The molecule has 0 saturated carbocycles. The molecule has 8 heteroatoms. The van der Waals surface area contributed by atoms with E-state index in [0.717, 1.165) is 42.3 Å². The molecule has 3 N–H and O–H groups in total. The smallest absolute Gasteiger partial charge is 0.381 e. The molecular formula is C18H20F3N5. The van der Waals surface area contributed by atoms with Crippen LogP contribution in [0.15, 0.2) is 30.6 Å². The van der Waals surface area contributed by atoms with E-state index < -0.39 is 11.9 Å². The highest BCUT2D eigenvalue weighted by Gasteiger charge is 2.34. The predicted octanol–water partition coefficient (Wildman–Crippen LogP) is 3.46. The summed E-state index contributed by atoms with van der Waals surface area (Å²) < 4.78 is 40.7. The van der Waals surface area contributed by atoms with Gasteiger partial charge in [-0.2, -0.15) is 13.2 Å². The third-order valence-electron chi connectivity index (χ3n) is 4.28. The Morgan fingerprint density at radius 3 is 2.73 bits per heavy atom. The molecule has 2 heterocycles. The summed E-state index contributed by atoms with van der Waals surface area (Å²) >= 11 is 0. The van der Waals surface area contributed by atoms with Gasteiger partial charge >= 0.3 is 6.18 Å². The van der Waals surface area contributed by atoms with Gasteiger partial charge in [0, 0.05) is 11.8 Å². The third-order valence-corrected chi connectivity index (χ3v) is 4.28. The van der Waals surface area contributed by atoms with E-state index in [1.54, 1.807) is 0 Å². The van der Waals surface area contributed by atoms with Crippen molar-refractivity contribution in [3.8, 4) is 11.3 Å². The first-order chi connectivity index (χ1) is 12.3. The summed E-state index contributed by atoms with van der Waals surface area (Å²) in [6.07, 6.45) is -0.244. The molecule has 2 aromatic heterocycles. The molecular weight excluding hydrogens is 343 g/mol. The monoisotopic (exact) mass is 363 g/mol. The van der Waals surface area contributed by atoms with Gasteiger partial charge < -0.3 is 11.1 Å². The molecule has 0 saturated heterocycles.